The molecular weight excluding hydrogens is 284 g/mol. The van der Waals surface area contributed by atoms with Crippen LogP contribution < -0.4 is 10.2 Å². The number of fused-ring (bicyclic) bond motifs is 1. The third kappa shape index (κ3) is 2.75. The highest BCUT2D eigenvalue weighted by Gasteiger charge is 2.21. The molecule has 0 saturated heterocycles. The van der Waals surface area contributed by atoms with Crippen LogP contribution in [0.2, 0.25) is 0 Å². The second-order valence-electron chi connectivity index (χ2n) is 5.71. The van der Waals surface area contributed by atoms with Gasteiger partial charge in [-0.2, -0.15) is 4.98 Å². The van der Waals surface area contributed by atoms with Crippen molar-refractivity contribution >= 4 is 23.1 Å². The van der Waals surface area contributed by atoms with Crippen molar-refractivity contribution in [3.63, 3.8) is 0 Å². The number of hydrogen-bond donors (Lipinski definition) is 1. The number of hydrogen-bond acceptors (Lipinski definition) is 4. The van der Waals surface area contributed by atoms with Gasteiger partial charge in [0.25, 0.3) is 0 Å². The van der Waals surface area contributed by atoms with Gasteiger partial charge in [-0.1, -0.05) is 36.4 Å². The summed E-state index contributed by atoms with van der Waals surface area (Å²) >= 11 is 0. The lowest BCUT2D eigenvalue weighted by molar-refractivity contribution is 0.959. The molecule has 0 radical (unpaired) electrons. The first-order valence-corrected chi connectivity index (χ1v) is 7.83. The van der Waals surface area contributed by atoms with Crippen LogP contribution in [0.3, 0.4) is 0 Å². The number of para-hydroxylation sites is 2. The number of aryl methyl sites for hydroxylation is 1. The van der Waals surface area contributed by atoms with E-state index in [1.165, 1.54) is 11.3 Å². The van der Waals surface area contributed by atoms with Crippen molar-refractivity contribution < 1.29 is 0 Å². The van der Waals surface area contributed by atoms with E-state index in [0.29, 0.717) is 5.95 Å². The van der Waals surface area contributed by atoms with Crippen LogP contribution in [0.15, 0.2) is 60.7 Å². The largest absolute Gasteiger partial charge is 0.326 e. The summed E-state index contributed by atoms with van der Waals surface area (Å²) < 4.78 is 0. The fourth-order valence-electron chi connectivity index (χ4n) is 2.97. The van der Waals surface area contributed by atoms with Gasteiger partial charge in [-0.05, 0) is 37.1 Å². The number of aromatic nitrogens is 2. The van der Waals surface area contributed by atoms with Gasteiger partial charge in [-0.25, -0.2) is 4.98 Å². The van der Waals surface area contributed by atoms with Crippen molar-refractivity contribution in [2.24, 2.45) is 0 Å². The van der Waals surface area contributed by atoms with Crippen LogP contribution in [0.4, 0.5) is 23.1 Å². The number of nitrogens with one attached hydrogen (secondary N) is 1. The molecule has 0 aliphatic carbocycles. The van der Waals surface area contributed by atoms with E-state index < -0.39 is 0 Å². The van der Waals surface area contributed by atoms with E-state index in [0.717, 1.165) is 30.2 Å². The lowest BCUT2D eigenvalue weighted by atomic mass is 10.2. The van der Waals surface area contributed by atoms with Crippen LogP contribution in [0.5, 0.6) is 0 Å². The minimum Gasteiger partial charge on any atom is -0.326 e. The van der Waals surface area contributed by atoms with Gasteiger partial charge in [0.15, 0.2) is 0 Å². The Bertz CT molecular complexity index is 830. The Labute approximate surface area is 135 Å². The molecule has 1 aliphatic heterocycles. The van der Waals surface area contributed by atoms with Crippen LogP contribution in [0.1, 0.15) is 11.3 Å². The van der Waals surface area contributed by atoms with Gasteiger partial charge < -0.3 is 10.2 Å². The molecule has 1 aliphatic rings. The molecule has 1 aromatic heterocycles. The fraction of sp³-hybridized carbons (Fsp3) is 0.158. The number of anilines is 4. The lowest BCUT2D eigenvalue weighted by Crippen LogP contribution is -2.16. The molecule has 2 aromatic carbocycles. The van der Waals surface area contributed by atoms with E-state index in [1.54, 1.807) is 0 Å². The molecule has 2 heterocycles. The van der Waals surface area contributed by atoms with E-state index in [9.17, 15) is 0 Å². The van der Waals surface area contributed by atoms with Crippen molar-refractivity contribution in [3.8, 4) is 0 Å². The van der Waals surface area contributed by atoms with E-state index in [4.69, 9.17) is 4.98 Å². The monoisotopic (exact) mass is 302 g/mol. The van der Waals surface area contributed by atoms with E-state index in [2.05, 4.69) is 39.5 Å². The van der Waals surface area contributed by atoms with Crippen molar-refractivity contribution in [1.29, 1.82) is 0 Å². The third-order valence-electron chi connectivity index (χ3n) is 4.03. The predicted octanol–water partition coefficient (Wildman–Crippen LogP) is 4.22. The molecule has 0 unspecified atom stereocenters. The van der Waals surface area contributed by atoms with Crippen LogP contribution in [-0.2, 0) is 6.42 Å². The fourth-order valence-corrected chi connectivity index (χ4v) is 2.97. The molecule has 0 fully saturated rings. The first-order valence-electron chi connectivity index (χ1n) is 7.83. The lowest BCUT2D eigenvalue weighted by Gasteiger charge is -2.19. The molecule has 3 aromatic rings. The predicted molar refractivity (Wildman–Crippen MR) is 93.6 cm³/mol. The normalized spacial score (nSPS) is 13.0. The molecule has 1 N–H and O–H groups in total. The Morgan fingerprint density at radius 3 is 2.61 bits per heavy atom. The average molecular weight is 302 g/mol. The highest BCUT2D eigenvalue weighted by Crippen LogP contribution is 2.33. The minimum absolute atomic E-state index is 0.635. The topological polar surface area (TPSA) is 41.1 Å². The zero-order valence-corrected chi connectivity index (χ0v) is 13.0. The van der Waals surface area contributed by atoms with Crippen LogP contribution in [-0.4, -0.2) is 16.5 Å². The van der Waals surface area contributed by atoms with E-state index in [-0.39, 0.29) is 0 Å². The highest BCUT2D eigenvalue weighted by atomic mass is 15.2. The maximum absolute atomic E-state index is 4.71. The van der Waals surface area contributed by atoms with Crippen LogP contribution >= 0.6 is 0 Å². The van der Waals surface area contributed by atoms with Crippen molar-refractivity contribution in [1.82, 2.24) is 9.97 Å². The third-order valence-corrected chi connectivity index (χ3v) is 4.03. The van der Waals surface area contributed by atoms with Crippen molar-refractivity contribution in [3.05, 3.63) is 71.9 Å². The SMILES string of the molecule is Cc1cc(N2CCc3ccccc32)nc(Nc2ccccc2)n1. The average Bonchev–Trinajstić information content (AvgIpc) is 2.99. The number of benzene rings is 2. The molecule has 4 rings (SSSR count). The molecule has 0 saturated carbocycles. The Morgan fingerprint density at radius 2 is 1.74 bits per heavy atom. The quantitative estimate of drug-likeness (QED) is 0.786. The molecule has 0 spiro atoms. The first kappa shape index (κ1) is 13.8. The summed E-state index contributed by atoms with van der Waals surface area (Å²) in [6.45, 7) is 2.96. The smallest absolute Gasteiger partial charge is 0.229 e. The summed E-state index contributed by atoms with van der Waals surface area (Å²) in [6.07, 6.45) is 1.06. The summed E-state index contributed by atoms with van der Waals surface area (Å²) in [7, 11) is 0. The Morgan fingerprint density at radius 1 is 0.957 bits per heavy atom. The zero-order chi connectivity index (χ0) is 15.6. The van der Waals surface area contributed by atoms with E-state index >= 15 is 0 Å². The minimum atomic E-state index is 0.635. The Kier molecular flexibility index (Phi) is 3.42. The molecule has 4 nitrogen and oxygen atoms in total. The van der Waals surface area contributed by atoms with Gasteiger partial charge in [-0.15, -0.1) is 0 Å². The maximum Gasteiger partial charge on any atom is 0.229 e. The molecular formula is C19H18N4. The molecule has 23 heavy (non-hydrogen) atoms. The van der Waals surface area contributed by atoms with E-state index in [1.807, 2.05) is 43.3 Å². The number of rotatable bonds is 3. The molecule has 4 heteroatoms. The molecule has 114 valence electrons. The van der Waals surface area contributed by atoms with Gasteiger partial charge >= 0.3 is 0 Å². The van der Waals surface area contributed by atoms with Crippen molar-refractivity contribution in [2.45, 2.75) is 13.3 Å². The zero-order valence-electron chi connectivity index (χ0n) is 13.0. The van der Waals surface area contributed by atoms with Crippen LogP contribution in [0.25, 0.3) is 0 Å². The summed E-state index contributed by atoms with van der Waals surface area (Å²) in [4.78, 5) is 11.5. The number of nitrogens with zero attached hydrogens (tertiary/aromatic N) is 3. The molecule has 0 atom stereocenters. The second kappa shape index (κ2) is 5.72. The summed E-state index contributed by atoms with van der Waals surface area (Å²) in [6, 6.07) is 20.6. The van der Waals surface area contributed by atoms with Gasteiger partial charge in [0.1, 0.15) is 5.82 Å². The maximum atomic E-state index is 4.71. The summed E-state index contributed by atoms with van der Waals surface area (Å²) in [5.41, 5.74) is 4.57. The Hall–Kier alpha value is -2.88. The summed E-state index contributed by atoms with van der Waals surface area (Å²) in [5, 5.41) is 3.28. The van der Waals surface area contributed by atoms with Gasteiger partial charge in [-0.3, -0.25) is 0 Å². The standard InChI is InChI=1S/C19H18N4/c1-14-13-18(23-12-11-15-7-5-6-10-17(15)23)22-19(20-14)21-16-8-3-2-4-9-16/h2-10,13H,11-12H2,1H3,(H,20,21,22). The van der Waals surface area contributed by atoms with Crippen molar-refractivity contribution in [2.75, 3.05) is 16.8 Å². The summed E-state index contributed by atoms with van der Waals surface area (Å²) in [5.74, 6) is 1.58. The van der Waals surface area contributed by atoms with Gasteiger partial charge in [0.05, 0.1) is 0 Å². The highest BCUT2D eigenvalue weighted by molar-refractivity contribution is 5.68. The first-order chi connectivity index (χ1) is 11.3. The van der Waals surface area contributed by atoms with Gasteiger partial charge in [0.2, 0.25) is 5.95 Å². The Balaban J connectivity index is 1.68. The van der Waals surface area contributed by atoms with Crippen LogP contribution in [0, 0.1) is 6.92 Å². The van der Waals surface area contributed by atoms with Gasteiger partial charge in [0, 0.05) is 29.7 Å². The second-order valence-corrected chi connectivity index (χ2v) is 5.71. The molecule has 0 amide bonds. The molecule has 0 bridgehead atoms.